The predicted molar refractivity (Wildman–Crippen MR) is 90.8 cm³/mol. The second-order valence-electron chi connectivity index (χ2n) is 6.35. The highest BCUT2D eigenvalue weighted by Crippen LogP contribution is 2.24. The van der Waals surface area contributed by atoms with Crippen LogP contribution in [0.3, 0.4) is 0 Å². The number of carbonyl (C=O) groups excluding carboxylic acids is 1. The summed E-state index contributed by atoms with van der Waals surface area (Å²) in [6.07, 6.45) is 5.70. The number of rotatable bonds is 5. The molecular weight excluding hydrogens is 325 g/mol. The van der Waals surface area contributed by atoms with Gasteiger partial charge in [0.2, 0.25) is 0 Å². The van der Waals surface area contributed by atoms with E-state index < -0.39 is 11.4 Å². The Labute approximate surface area is 145 Å². The van der Waals surface area contributed by atoms with Crippen molar-refractivity contribution in [3.63, 3.8) is 0 Å². The number of β-amino-alcohol motifs (C(OH)–C–C–N with tert-alkyl or cyclic N) is 1. The van der Waals surface area contributed by atoms with Gasteiger partial charge in [-0.3, -0.25) is 9.48 Å². The van der Waals surface area contributed by atoms with Crippen molar-refractivity contribution in [2.24, 2.45) is 0 Å². The number of amides is 1. The smallest absolute Gasteiger partial charge is 0.254 e. The van der Waals surface area contributed by atoms with Crippen molar-refractivity contribution in [3.8, 4) is 0 Å². The highest BCUT2D eigenvalue weighted by atomic mass is 19.1. The lowest BCUT2D eigenvalue weighted by atomic mass is 9.92. The van der Waals surface area contributed by atoms with Crippen molar-refractivity contribution in [2.75, 3.05) is 24.5 Å². The first-order valence-corrected chi connectivity index (χ1v) is 8.39. The van der Waals surface area contributed by atoms with Gasteiger partial charge in [-0.15, -0.1) is 0 Å². The molecule has 0 aromatic carbocycles. The summed E-state index contributed by atoms with van der Waals surface area (Å²) in [6, 6.07) is 2.95. The molecule has 1 aliphatic rings. The zero-order valence-electron chi connectivity index (χ0n) is 14.2. The van der Waals surface area contributed by atoms with Crippen molar-refractivity contribution >= 4 is 11.7 Å². The third kappa shape index (κ3) is 4.14. The van der Waals surface area contributed by atoms with Crippen LogP contribution in [0.25, 0.3) is 0 Å². The van der Waals surface area contributed by atoms with Crippen molar-refractivity contribution < 1.29 is 14.3 Å². The monoisotopic (exact) mass is 347 g/mol. The van der Waals surface area contributed by atoms with Gasteiger partial charge in [0.15, 0.2) is 0 Å². The minimum atomic E-state index is -1.05. The molecule has 1 aliphatic heterocycles. The maximum Gasteiger partial charge on any atom is 0.254 e. The van der Waals surface area contributed by atoms with Gasteiger partial charge in [-0.05, 0) is 31.9 Å². The van der Waals surface area contributed by atoms with E-state index in [4.69, 9.17) is 0 Å². The third-order valence-electron chi connectivity index (χ3n) is 4.39. The number of hydrogen-bond donors (Lipinski definition) is 2. The molecule has 0 bridgehead atoms. The van der Waals surface area contributed by atoms with Crippen LogP contribution in [-0.2, 0) is 6.54 Å². The molecule has 0 radical (unpaired) electrons. The lowest BCUT2D eigenvalue weighted by molar-refractivity contribution is 0.0254. The summed E-state index contributed by atoms with van der Waals surface area (Å²) in [5.74, 6) is -0.0314. The molecule has 1 atom stereocenters. The number of pyridine rings is 1. The summed E-state index contributed by atoms with van der Waals surface area (Å²) in [7, 11) is 0. The normalized spacial score (nSPS) is 20.5. The summed E-state index contributed by atoms with van der Waals surface area (Å²) in [6.45, 7) is 3.84. The van der Waals surface area contributed by atoms with Crippen LogP contribution >= 0.6 is 0 Å². The summed E-state index contributed by atoms with van der Waals surface area (Å²) in [5.41, 5.74) is -0.580. The maximum atomic E-state index is 13.0. The van der Waals surface area contributed by atoms with E-state index >= 15 is 0 Å². The van der Waals surface area contributed by atoms with Gasteiger partial charge in [0.1, 0.15) is 11.6 Å². The minimum Gasteiger partial charge on any atom is -0.386 e. The first kappa shape index (κ1) is 17.3. The Bertz CT molecular complexity index is 733. The molecule has 0 saturated carbocycles. The summed E-state index contributed by atoms with van der Waals surface area (Å²) >= 11 is 0. The van der Waals surface area contributed by atoms with Crippen LogP contribution in [0.2, 0.25) is 0 Å². The van der Waals surface area contributed by atoms with E-state index in [1.807, 2.05) is 11.8 Å². The Kier molecular flexibility index (Phi) is 4.98. The van der Waals surface area contributed by atoms with Crippen molar-refractivity contribution in [3.05, 3.63) is 42.1 Å². The second kappa shape index (κ2) is 7.18. The molecule has 0 aliphatic carbocycles. The fraction of sp³-hybridized carbons (Fsp3) is 0.471. The average Bonchev–Trinajstić information content (AvgIpc) is 3.10. The number of piperidine rings is 1. The predicted octanol–water partition coefficient (Wildman–Crippen LogP) is 1.20. The number of aryl methyl sites for hydroxylation is 1. The van der Waals surface area contributed by atoms with Crippen LogP contribution in [0.15, 0.2) is 30.7 Å². The molecule has 1 unspecified atom stereocenters. The van der Waals surface area contributed by atoms with Crippen LogP contribution in [0.5, 0.6) is 0 Å². The number of anilines is 1. The van der Waals surface area contributed by atoms with Crippen LogP contribution < -0.4 is 10.2 Å². The number of aliphatic hydroxyl groups is 1. The van der Waals surface area contributed by atoms with Gasteiger partial charge in [0.25, 0.3) is 5.91 Å². The highest BCUT2D eigenvalue weighted by Gasteiger charge is 2.34. The van der Waals surface area contributed by atoms with Crippen LogP contribution in [0.4, 0.5) is 10.2 Å². The largest absolute Gasteiger partial charge is 0.386 e. The lowest BCUT2D eigenvalue weighted by Gasteiger charge is -2.39. The Morgan fingerprint density at radius 1 is 1.44 bits per heavy atom. The number of nitrogens with zero attached hydrogens (tertiary/aromatic N) is 4. The van der Waals surface area contributed by atoms with Crippen LogP contribution in [0, 0.1) is 5.82 Å². The molecule has 1 saturated heterocycles. The zero-order chi connectivity index (χ0) is 17.9. The van der Waals surface area contributed by atoms with Crippen LogP contribution in [0.1, 0.15) is 30.1 Å². The lowest BCUT2D eigenvalue weighted by Crippen LogP contribution is -2.54. The molecule has 2 N–H and O–H groups in total. The molecule has 2 aromatic heterocycles. The first-order chi connectivity index (χ1) is 12.0. The highest BCUT2D eigenvalue weighted by molar-refractivity contribution is 5.93. The summed E-state index contributed by atoms with van der Waals surface area (Å²) in [5, 5.41) is 17.7. The molecule has 134 valence electrons. The van der Waals surface area contributed by atoms with Gasteiger partial charge >= 0.3 is 0 Å². The Morgan fingerprint density at radius 2 is 2.28 bits per heavy atom. The van der Waals surface area contributed by atoms with E-state index in [0.717, 1.165) is 19.2 Å². The molecule has 2 aromatic rings. The number of halogens is 1. The van der Waals surface area contributed by atoms with Gasteiger partial charge in [0.05, 0.1) is 23.6 Å². The van der Waals surface area contributed by atoms with Crippen molar-refractivity contribution in [1.82, 2.24) is 20.1 Å². The topological polar surface area (TPSA) is 83.3 Å². The van der Waals surface area contributed by atoms with E-state index in [9.17, 15) is 14.3 Å². The molecule has 3 heterocycles. The number of aromatic nitrogens is 3. The number of nitrogens with one attached hydrogen (secondary N) is 1. The fourth-order valence-electron chi connectivity index (χ4n) is 3.01. The van der Waals surface area contributed by atoms with E-state index in [0.29, 0.717) is 30.9 Å². The van der Waals surface area contributed by atoms with Gasteiger partial charge in [-0.1, -0.05) is 0 Å². The summed E-state index contributed by atoms with van der Waals surface area (Å²) in [4.78, 5) is 18.2. The van der Waals surface area contributed by atoms with Crippen molar-refractivity contribution in [1.29, 1.82) is 0 Å². The molecule has 1 fully saturated rings. The molecule has 7 nitrogen and oxygen atoms in total. The van der Waals surface area contributed by atoms with E-state index in [2.05, 4.69) is 15.4 Å². The Balaban J connectivity index is 1.60. The van der Waals surface area contributed by atoms with E-state index in [1.54, 1.807) is 16.9 Å². The number of hydrogen-bond acceptors (Lipinski definition) is 5. The number of carbonyl (C=O) groups is 1. The zero-order valence-corrected chi connectivity index (χ0v) is 14.2. The van der Waals surface area contributed by atoms with E-state index in [1.165, 1.54) is 12.3 Å². The van der Waals surface area contributed by atoms with Crippen LogP contribution in [-0.4, -0.2) is 51.0 Å². The second-order valence-corrected chi connectivity index (χ2v) is 6.35. The molecule has 25 heavy (non-hydrogen) atoms. The SMILES string of the molecule is CCn1cc(C(=O)NCC2(O)CCCN(c3ccc(F)cn3)C2)cn1. The average molecular weight is 347 g/mol. The maximum absolute atomic E-state index is 13.0. The third-order valence-corrected chi connectivity index (χ3v) is 4.39. The molecule has 1 amide bonds. The fourth-order valence-corrected chi connectivity index (χ4v) is 3.01. The molecule has 8 heteroatoms. The Hall–Kier alpha value is -2.48. The molecular formula is C17H22FN5O2. The van der Waals surface area contributed by atoms with Crippen molar-refractivity contribution in [2.45, 2.75) is 31.9 Å². The van der Waals surface area contributed by atoms with Gasteiger partial charge < -0.3 is 15.3 Å². The van der Waals surface area contributed by atoms with Gasteiger partial charge in [0, 0.05) is 32.4 Å². The molecule has 3 rings (SSSR count). The Morgan fingerprint density at radius 3 is 2.96 bits per heavy atom. The van der Waals surface area contributed by atoms with Gasteiger partial charge in [-0.25, -0.2) is 9.37 Å². The minimum absolute atomic E-state index is 0.140. The standard InChI is InChI=1S/C17H22FN5O2/c1-2-23-10-13(8-21-23)16(24)20-11-17(25)6-3-7-22(12-17)15-5-4-14(18)9-19-15/h4-5,8-10,25H,2-3,6-7,11-12H2,1H3,(H,20,24). The summed E-state index contributed by atoms with van der Waals surface area (Å²) < 4.78 is 14.7. The molecule has 0 spiro atoms. The first-order valence-electron chi connectivity index (χ1n) is 8.39. The van der Waals surface area contributed by atoms with E-state index in [-0.39, 0.29) is 12.5 Å². The van der Waals surface area contributed by atoms with Gasteiger partial charge in [-0.2, -0.15) is 5.10 Å². The quantitative estimate of drug-likeness (QED) is 0.849.